The van der Waals surface area contributed by atoms with Crippen LogP contribution in [-0.2, 0) is 0 Å². The molecule has 0 amide bonds. The Bertz CT molecular complexity index is 674. The van der Waals surface area contributed by atoms with Gasteiger partial charge in [0.2, 0.25) is 5.95 Å². The maximum atomic E-state index is 5.86. The first-order valence-corrected chi connectivity index (χ1v) is 9.43. The first-order valence-electron chi connectivity index (χ1n) is 9.05. The van der Waals surface area contributed by atoms with Crippen LogP contribution >= 0.6 is 11.6 Å². The number of piperidine rings is 1. The van der Waals surface area contributed by atoms with Crippen LogP contribution in [0.4, 0.5) is 5.95 Å². The van der Waals surface area contributed by atoms with Crippen molar-refractivity contribution < 1.29 is 4.74 Å². The molecule has 2 aromatic rings. The fourth-order valence-electron chi connectivity index (χ4n) is 3.94. The summed E-state index contributed by atoms with van der Waals surface area (Å²) in [4.78, 5) is 14.9. The van der Waals surface area contributed by atoms with E-state index in [1.807, 2.05) is 12.1 Å². The molecule has 2 aliphatic rings. The number of hydrogen-bond donors (Lipinski definition) is 0. The lowest BCUT2D eigenvalue weighted by Crippen LogP contribution is -2.35. The van der Waals surface area contributed by atoms with Crippen LogP contribution in [0.2, 0.25) is 5.02 Å². The third kappa shape index (κ3) is 4.21. The van der Waals surface area contributed by atoms with E-state index in [9.17, 15) is 0 Å². The summed E-state index contributed by atoms with van der Waals surface area (Å²) in [6.45, 7) is 2.90. The quantitative estimate of drug-likeness (QED) is 0.785. The average Bonchev–Trinajstić information content (AvgIpc) is 3.43. The van der Waals surface area contributed by atoms with Crippen LogP contribution in [0.25, 0.3) is 0 Å². The number of hydrogen-bond acceptors (Lipinski definition) is 5. The minimum Gasteiger partial charge on any atom is -0.493 e. The van der Waals surface area contributed by atoms with Crippen molar-refractivity contribution in [1.29, 1.82) is 0 Å². The second kappa shape index (κ2) is 7.56. The van der Waals surface area contributed by atoms with Crippen molar-refractivity contribution in [1.82, 2.24) is 15.0 Å². The second-order valence-corrected chi connectivity index (χ2v) is 7.44. The Hall–Kier alpha value is -1.88. The molecule has 25 heavy (non-hydrogen) atoms. The molecular formula is C19H23ClN4O. The van der Waals surface area contributed by atoms with E-state index < -0.39 is 0 Å². The molecule has 0 N–H and O–H groups in total. The summed E-state index contributed by atoms with van der Waals surface area (Å²) in [6.07, 6.45) is 11.9. The molecule has 4 rings (SSSR count). The van der Waals surface area contributed by atoms with E-state index in [-0.39, 0.29) is 0 Å². The van der Waals surface area contributed by atoms with Crippen molar-refractivity contribution in [3.63, 3.8) is 0 Å². The van der Waals surface area contributed by atoms with E-state index in [1.165, 1.54) is 19.3 Å². The van der Waals surface area contributed by atoms with Crippen LogP contribution < -0.4 is 9.64 Å². The fraction of sp³-hybridized carbons (Fsp3) is 0.526. The predicted molar refractivity (Wildman–Crippen MR) is 97.9 cm³/mol. The lowest BCUT2D eigenvalue weighted by atomic mass is 9.90. The molecule has 1 saturated carbocycles. The first kappa shape index (κ1) is 16.6. The van der Waals surface area contributed by atoms with Gasteiger partial charge in [0, 0.05) is 25.5 Å². The Labute approximate surface area is 153 Å². The zero-order valence-electron chi connectivity index (χ0n) is 14.2. The highest BCUT2D eigenvalue weighted by molar-refractivity contribution is 6.30. The second-order valence-electron chi connectivity index (χ2n) is 7.01. The van der Waals surface area contributed by atoms with Crippen molar-refractivity contribution in [3.8, 4) is 5.75 Å². The molecule has 6 heteroatoms. The Morgan fingerprint density at radius 1 is 1.12 bits per heavy atom. The zero-order valence-corrected chi connectivity index (χ0v) is 15.0. The maximum absolute atomic E-state index is 5.86. The summed E-state index contributed by atoms with van der Waals surface area (Å²) in [5.41, 5.74) is 0. The number of halogens is 1. The van der Waals surface area contributed by atoms with Gasteiger partial charge in [-0.2, -0.15) is 0 Å². The highest BCUT2D eigenvalue weighted by Crippen LogP contribution is 2.49. The average molecular weight is 359 g/mol. The monoisotopic (exact) mass is 358 g/mol. The molecule has 1 aliphatic carbocycles. The minimum atomic E-state index is 0.591. The molecule has 2 aromatic heterocycles. The summed E-state index contributed by atoms with van der Waals surface area (Å²) < 4.78 is 5.80. The highest BCUT2D eigenvalue weighted by Gasteiger charge is 2.43. The van der Waals surface area contributed by atoms with Gasteiger partial charge in [-0.25, -0.2) is 9.97 Å². The molecule has 2 atom stereocenters. The molecule has 3 heterocycles. The fourth-order valence-corrected chi connectivity index (χ4v) is 4.04. The van der Waals surface area contributed by atoms with Crippen LogP contribution in [-0.4, -0.2) is 34.6 Å². The van der Waals surface area contributed by atoms with Gasteiger partial charge in [-0.15, -0.1) is 0 Å². The number of anilines is 1. The third-order valence-electron chi connectivity index (χ3n) is 5.42. The molecule has 0 radical (unpaired) electrons. The molecule has 5 nitrogen and oxygen atoms in total. The smallest absolute Gasteiger partial charge is 0.225 e. The number of pyridine rings is 1. The van der Waals surface area contributed by atoms with Gasteiger partial charge in [-0.1, -0.05) is 11.6 Å². The van der Waals surface area contributed by atoms with Gasteiger partial charge in [-0.05, 0) is 55.6 Å². The van der Waals surface area contributed by atoms with Crippen molar-refractivity contribution in [2.45, 2.75) is 25.7 Å². The molecule has 0 unspecified atom stereocenters. The summed E-state index contributed by atoms with van der Waals surface area (Å²) >= 11 is 5.86. The van der Waals surface area contributed by atoms with Gasteiger partial charge < -0.3 is 9.64 Å². The van der Waals surface area contributed by atoms with Crippen LogP contribution in [0.1, 0.15) is 25.7 Å². The van der Waals surface area contributed by atoms with E-state index in [2.05, 4.69) is 19.9 Å². The standard InChI is InChI=1S/C19H23ClN4O/c20-16-12-22-19(23-13-16)24-8-3-14(4-9-24)18-11-15(18)5-10-25-17-1-6-21-7-2-17/h1-2,6-7,12-15,18H,3-5,8-11H2/t15-,18-/m0/s1. The van der Waals surface area contributed by atoms with E-state index in [0.717, 1.165) is 55.6 Å². The van der Waals surface area contributed by atoms with Gasteiger partial charge in [0.15, 0.2) is 0 Å². The van der Waals surface area contributed by atoms with Gasteiger partial charge >= 0.3 is 0 Å². The van der Waals surface area contributed by atoms with E-state index in [0.29, 0.717) is 5.02 Å². The van der Waals surface area contributed by atoms with E-state index in [4.69, 9.17) is 16.3 Å². The highest BCUT2D eigenvalue weighted by atomic mass is 35.5. The SMILES string of the molecule is Clc1cnc(N2CCC([C@@H]3C[C@@H]3CCOc3ccncc3)CC2)nc1. The van der Waals surface area contributed by atoms with Crippen LogP contribution in [0.5, 0.6) is 5.75 Å². The lowest BCUT2D eigenvalue weighted by Gasteiger charge is -2.32. The van der Waals surface area contributed by atoms with Crippen molar-refractivity contribution in [3.05, 3.63) is 41.9 Å². The predicted octanol–water partition coefficient (Wildman–Crippen LogP) is 3.85. The summed E-state index contributed by atoms with van der Waals surface area (Å²) in [5.74, 6) is 4.29. The van der Waals surface area contributed by atoms with Gasteiger partial charge in [0.25, 0.3) is 0 Å². The number of aromatic nitrogens is 3. The van der Waals surface area contributed by atoms with Gasteiger partial charge in [0.05, 0.1) is 24.0 Å². The molecule has 0 spiro atoms. The Morgan fingerprint density at radius 3 is 2.56 bits per heavy atom. The van der Waals surface area contributed by atoms with Gasteiger partial charge in [0.1, 0.15) is 5.75 Å². The molecule has 2 fully saturated rings. The van der Waals surface area contributed by atoms with Gasteiger partial charge in [-0.3, -0.25) is 4.98 Å². The molecule has 1 aliphatic heterocycles. The Balaban J connectivity index is 1.18. The molecule has 0 aromatic carbocycles. The molecule has 1 saturated heterocycles. The zero-order chi connectivity index (χ0) is 17.1. The third-order valence-corrected chi connectivity index (χ3v) is 5.61. The van der Waals surface area contributed by atoms with Crippen LogP contribution in [0, 0.1) is 17.8 Å². The summed E-state index contributed by atoms with van der Waals surface area (Å²) in [7, 11) is 0. The number of rotatable bonds is 6. The maximum Gasteiger partial charge on any atom is 0.225 e. The Morgan fingerprint density at radius 2 is 1.84 bits per heavy atom. The Kier molecular flexibility index (Phi) is 5.02. The molecular weight excluding hydrogens is 336 g/mol. The van der Waals surface area contributed by atoms with Crippen LogP contribution in [0.15, 0.2) is 36.9 Å². The number of ether oxygens (including phenoxy) is 1. The van der Waals surface area contributed by atoms with Crippen LogP contribution in [0.3, 0.4) is 0 Å². The minimum absolute atomic E-state index is 0.591. The van der Waals surface area contributed by atoms with Crippen molar-refractivity contribution >= 4 is 17.5 Å². The van der Waals surface area contributed by atoms with E-state index >= 15 is 0 Å². The number of nitrogens with zero attached hydrogens (tertiary/aromatic N) is 4. The topological polar surface area (TPSA) is 51.1 Å². The van der Waals surface area contributed by atoms with Crippen molar-refractivity contribution in [2.24, 2.45) is 17.8 Å². The lowest BCUT2D eigenvalue weighted by molar-refractivity contribution is 0.284. The summed E-state index contributed by atoms with van der Waals surface area (Å²) in [6, 6.07) is 3.83. The largest absolute Gasteiger partial charge is 0.493 e. The van der Waals surface area contributed by atoms with E-state index in [1.54, 1.807) is 24.8 Å². The first-order chi connectivity index (χ1) is 12.3. The normalized spacial score (nSPS) is 23.5. The molecule has 0 bridgehead atoms. The summed E-state index contributed by atoms with van der Waals surface area (Å²) in [5, 5.41) is 0.591. The van der Waals surface area contributed by atoms with Crippen molar-refractivity contribution in [2.75, 3.05) is 24.6 Å². The molecule has 132 valence electrons.